The molecule has 0 N–H and O–H groups in total. The Morgan fingerprint density at radius 1 is 0.840 bits per heavy atom. The van der Waals surface area contributed by atoms with Crippen LogP contribution in [0.2, 0.25) is 0 Å². The summed E-state index contributed by atoms with van der Waals surface area (Å²) in [7, 11) is -5.03. The van der Waals surface area contributed by atoms with Crippen molar-refractivity contribution < 1.29 is 21.6 Å². The second-order valence-electron chi connectivity index (χ2n) is 4.49. The molecule has 0 fully saturated rings. The Bertz CT molecular complexity index is 1020. The fraction of sp³-hybridized carbons (Fsp3) is 0.167. The number of hydrogen-bond donors (Lipinski definition) is 0. The molecule has 11 nitrogen and oxygen atoms in total. The minimum absolute atomic E-state index is 0.0113. The molecule has 0 saturated carbocycles. The van der Waals surface area contributed by atoms with Crippen LogP contribution >= 0.6 is 0 Å². The molecule has 0 aromatic carbocycles. The van der Waals surface area contributed by atoms with Gasteiger partial charge in [-0.1, -0.05) is 22.4 Å². The molecule has 0 spiro atoms. The van der Waals surface area contributed by atoms with E-state index < -0.39 is 20.6 Å². The van der Waals surface area contributed by atoms with Crippen LogP contribution in [-0.4, -0.2) is 26.6 Å². The molecule has 0 unspecified atom stereocenters. The second-order valence-corrected chi connectivity index (χ2v) is 6.47. The second kappa shape index (κ2) is 8.04. The Kier molecular flexibility index (Phi) is 5.82. The van der Waals surface area contributed by atoms with Crippen LogP contribution in [0, 0.1) is 0 Å². The Labute approximate surface area is 143 Å². The van der Waals surface area contributed by atoms with E-state index in [2.05, 4.69) is 20.1 Å². The number of ether oxygens (including phenoxy) is 1. The van der Waals surface area contributed by atoms with Crippen molar-refractivity contribution in [3.05, 3.63) is 68.1 Å². The van der Waals surface area contributed by atoms with E-state index in [0.29, 0.717) is 0 Å². The van der Waals surface area contributed by atoms with Crippen molar-refractivity contribution in [2.45, 2.75) is 12.8 Å². The van der Waals surface area contributed by atoms with Crippen LogP contribution in [0.3, 0.4) is 0 Å². The van der Waals surface area contributed by atoms with Crippen molar-refractivity contribution in [3.63, 3.8) is 0 Å². The Morgan fingerprint density at radius 2 is 1.24 bits per heavy atom. The van der Waals surface area contributed by atoms with E-state index in [1.54, 1.807) is 0 Å². The van der Waals surface area contributed by atoms with E-state index in [9.17, 15) is 16.8 Å². The van der Waals surface area contributed by atoms with Gasteiger partial charge < -0.3 is 4.74 Å². The third-order valence-electron chi connectivity index (χ3n) is 3.04. The summed E-state index contributed by atoms with van der Waals surface area (Å²) in [6.45, 7) is 0. The van der Waals surface area contributed by atoms with E-state index in [4.69, 9.17) is 15.8 Å². The Hall–Kier alpha value is -3.24. The van der Waals surface area contributed by atoms with Gasteiger partial charge in [-0.3, -0.25) is 0 Å². The smallest absolute Gasteiger partial charge is 0.217 e. The molecule has 13 heteroatoms. The summed E-state index contributed by atoms with van der Waals surface area (Å²) in [5.74, 6) is -0.238. The molecule has 2 aliphatic carbocycles. The molecule has 0 bridgehead atoms. The third-order valence-corrected chi connectivity index (χ3v) is 4.46. The molecule has 2 aliphatic rings. The lowest BCUT2D eigenvalue weighted by atomic mass is 10.1. The van der Waals surface area contributed by atoms with Gasteiger partial charge in [0, 0.05) is 34.8 Å². The van der Waals surface area contributed by atoms with Crippen molar-refractivity contribution in [2.75, 3.05) is 0 Å². The maximum absolute atomic E-state index is 11.1. The summed E-state index contributed by atoms with van der Waals surface area (Å²) in [5.41, 5.74) is 17.2. The molecule has 0 saturated heterocycles. The molecule has 0 aliphatic heterocycles. The lowest BCUT2D eigenvalue weighted by Gasteiger charge is -2.18. The molecule has 0 aromatic heterocycles. The third kappa shape index (κ3) is 4.40. The van der Waals surface area contributed by atoms with Gasteiger partial charge in [-0.05, 0) is 11.1 Å². The van der Waals surface area contributed by atoms with Gasteiger partial charge in [-0.15, -0.1) is 0 Å². The minimum Gasteiger partial charge on any atom is -0.456 e. The summed E-state index contributed by atoms with van der Waals surface area (Å²) in [4.78, 5) is 5.21. The predicted octanol–water partition coefficient (Wildman–Crippen LogP) is 2.07. The molecule has 0 heterocycles. The summed E-state index contributed by atoms with van der Waals surface area (Å²) in [6.07, 6.45) is 5.00. The van der Waals surface area contributed by atoms with Crippen molar-refractivity contribution >= 4 is 30.3 Å². The van der Waals surface area contributed by atoms with Crippen molar-refractivity contribution in [2.24, 2.45) is 10.2 Å². The molecule has 0 radical (unpaired) electrons. The van der Waals surface area contributed by atoms with Crippen molar-refractivity contribution in [3.8, 4) is 0 Å². The van der Waals surface area contributed by atoms with E-state index in [0.717, 1.165) is 12.2 Å². The van der Waals surface area contributed by atoms with Crippen LogP contribution in [-0.2, 0) is 25.3 Å². The standard InChI is InChI=1S/C12H8N6O5S2/c13-17-15-9-3-1-7(24(19)20)5-11(9)23-12-6-8(25(21)22)2-4-10(12)16-18-14/h3-6H,1-2H2. The number of allylic oxidation sites excluding steroid dienone is 4. The first kappa shape index (κ1) is 18.1. The number of azide groups is 2. The predicted molar refractivity (Wildman–Crippen MR) is 88.8 cm³/mol. The maximum Gasteiger partial charge on any atom is 0.217 e. The van der Waals surface area contributed by atoms with Crippen molar-refractivity contribution in [1.82, 2.24) is 0 Å². The van der Waals surface area contributed by atoms with E-state index >= 15 is 0 Å². The highest BCUT2D eigenvalue weighted by atomic mass is 32.2. The fourth-order valence-electron chi connectivity index (χ4n) is 1.94. The van der Waals surface area contributed by atoms with Gasteiger partial charge in [-0.25, -0.2) is 0 Å². The van der Waals surface area contributed by atoms with Gasteiger partial charge in [0.2, 0.25) is 20.6 Å². The van der Waals surface area contributed by atoms with E-state index in [1.165, 1.54) is 12.2 Å². The van der Waals surface area contributed by atoms with Crippen LogP contribution in [0.4, 0.5) is 0 Å². The first-order valence-electron chi connectivity index (χ1n) is 6.49. The zero-order valence-corrected chi connectivity index (χ0v) is 13.9. The summed E-state index contributed by atoms with van der Waals surface area (Å²) >= 11 is 0. The van der Waals surface area contributed by atoms with E-state index in [-0.39, 0.29) is 45.5 Å². The molecular formula is C12H8N6O5S2. The summed E-state index contributed by atoms with van der Waals surface area (Å²) in [5, 5.41) is 6.81. The number of nitrogens with zero attached hydrogens (tertiary/aromatic N) is 6. The average Bonchev–Trinajstić information content (AvgIpc) is 2.58. The van der Waals surface area contributed by atoms with Crippen LogP contribution in [0.1, 0.15) is 12.8 Å². The van der Waals surface area contributed by atoms with Crippen LogP contribution in [0.15, 0.2) is 57.4 Å². The quantitative estimate of drug-likeness (QED) is 0.313. The Balaban J connectivity index is 2.55. The highest BCUT2D eigenvalue weighted by molar-refractivity contribution is 7.73. The largest absolute Gasteiger partial charge is 0.456 e. The summed E-state index contributed by atoms with van der Waals surface area (Å²) in [6, 6.07) is 0. The molecular weight excluding hydrogens is 372 g/mol. The first-order valence-corrected chi connectivity index (χ1v) is 8.64. The number of hydrogen-bond acceptors (Lipinski definition) is 7. The highest BCUT2D eigenvalue weighted by Gasteiger charge is 2.20. The van der Waals surface area contributed by atoms with Crippen LogP contribution in [0.5, 0.6) is 0 Å². The molecule has 25 heavy (non-hydrogen) atoms. The minimum atomic E-state index is -2.51. The highest BCUT2D eigenvalue weighted by Crippen LogP contribution is 2.28. The molecule has 0 atom stereocenters. The summed E-state index contributed by atoms with van der Waals surface area (Å²) < 4.78 is 50.0. The van der Waals surface area contributed by atoms with Crippen LogP contribution in [0.25, 0.3) is 20.9 Å². The zero-order chi connectivity index (χ0) is 18.4. The Morgan fingerprint density at radius 3 is 1.56 bits per heavy atom. The molecule has 0 amide bonds. The first-order chi connectivity index (χ1) is 12.0. The average molecular weight is 380 g/mol. The molecule has 128 valence electrons. The lowest BCUT2D eigenvalue weighted by molar-refractivity contribution is 0.321. The van der Waals surface area contributed by atoms with Crippen LogP contribution < -0.4 is 0 Å². The van der Waals surface area contributed by atoms with E-state index in [1.807, 2.05) is 0 Å². The zero-order valence-electron chi connectivity index (χ0n) is 12.3. The van der Waals surface area contributed by atoms with Gasteiger partial charge in [0.15, 0.2) is 0 Å². The maximum atomic E-state index is 11.1. The normalized spacial score (nSPS) is 16.3. The van der Waals surface area contributed by atoms with Gasteiger partial charge in [0.05, 0.1) is 21.1 Å². The SMILES string of the molecule is [N-]=[N+]=NC1=CCC(=S(=O)=O)C=C1OC1=CC(=S(=O)=O)CC=C1N=[N+]=[N-]. The fourth-order valence-corrected chi connectivity index (χ4v) is 2.79. The van der Waals surface area contributed by atoms with Crippen molar-refractivity contribution in [1.29, 1.82) is 0 Å². The topological polar surface area (TPSA) is 175 Å². The lowest BCUT2D eigenvalue weighted by Crippen LogP contribution is -2.10. The van der Waals surface area contributed by atoms with Gasteiger partial charge in [-0.2, -0.15) is 16.8 Å². The van der Waals surface area contributed by atoms with Gasteiger partial charge in [0.1, 0.15) is 11.5 Å². The molecule has 0 aromatic rings. The molecule has 2 rings (SSSR count). The van der Waals surface area contributed by atoms with Gasteiger partial charge >= 0.3 is 0 Å². The monoisotopic (exact) mass is 380 g/mol. The van der Waals surface area contributed by atoms with Gasteiger partial charge in [0.25, 0.3) is 0 Å². The number of rotatable bonds is 4.